The summed E-state index contributed by atoms with van der Waals surface area (Å²) in [6, 6.07) is 0. The summed E-state index contributed by atoms with van der Waals surface area (Å²) >= 11 is -1.86. The molecule has 1 aliphatic rings. The third-order valence-electron chi connectivity index (χ3n) is 4.10. The Balaban J connectivity index is 2.52. The van der Waals surface area contributed by atoms with E-state index in [0.717, 1.165) is 10.7 Å². The van der Waals surface area contributed by atoms with Crippen LogP contribution in [0.15, 0.2) is 0 Å². The normalized spacial score (nSPS) is 20.1. The Morgan fingerprint density at radius 1 is 0.875 bits per heavy atom. The van der Waals surface area contributed by atoms with Crippen LogP contribution in [0.4, 0.5) is 0 Å². The molecule has 1 nitrogen and oxygen atoms in total. The van der Waals surface area contributed by atoms with Crippen LogP contribution >= 0.6 is 0 Å². The van der Waals surface area contributed by atoms with Gasteiger partial charge in [-0.1, -0.05) is 0 Å². The van der Waals surface area contributed by atoms with Crippen molar-refractivity contribution < 1.29 is 4.74 Å². The van der Waals surface area contributed by atoms with Gasteiger partial charge in [-0.05, 0) is 0 Å². The quantitative estimate of drug-likeness (QED) is 0.414. The van der Waals surface area contributed by atoms with Crippen molar-refractivity contribution in [3.8, 4) is 0 Å². The van der Waals surface area contributed by atoms with Crippen molar-refractivity contribution in [3.05, 3.63) is 0 Å². The second kappa shape index (κ2) is 7.97. The molecule has 0 bridgehead atoms. The number of rotatable bonds is 10. The summed E-state index contributed by atoms with van der Waals surface area (Å²) in [6.07, 6.45) is 8.56. The molecule has 0 aromatic heterocycles. The van der Waals surface area contributed by atoms with Gasteiger partial charge in [0, 0.05) is 0 Å². The molecule has 0 radical (unpaired) electrons. The van der Waals surface area contributed by atoms with Gasteiger partial charge in [0.15, 0.2) is 0 Å². The first kappa shape index (κ1) is 14.8. The van der Waals surface area contributed by atoms with Crippen LogP contribution in [-0.2, 0) is 4.74 Å². The van der Waals surface area contributed by atoms with E-state index in [1.165, 1.54) is 38.5 Å². The van der Waals surface area contributed by atoms with Crippen LogP contribution in [0.3, 0.4) is 0 Å². The zero-order chi connectivity index (χ0) is 11.9. The molecule has 1 unspecified atom stereocenters. The van der Waals surface area contributed by atoms with Gasteiger partial charge in [-0.25, -0.2) is 0 Å². The van der Waals surface area contributed by atoms with E-state index < -0.39 is 18.4 Å². The van der Waals surface area contributed by atoms with E-state index in [1.54, 1.807) is 13.3 Å². The van der Waals surface area contributed by atoms with Crippen molar-refractivity contribution >= 4 is 18.4 Å². The molecule has 1 aliphatic heterocycles. The van der Waals surface area contributed by atoms with Crippen LogP contribution < -0.4 is 0 Å². The van der Waals surface area contributed by atoms with Gasteiger partial charge in [0.1, 0.15) is 0 Å². The molecule has 2 heteroatoms. The molecule has 96 valence electrons. The molecule has 1 fully saturated rings. The van der Waals surface area contributed by atoms with E-state index in [9.17, 15) is 0 Å². The maximum atomic E-state index is 5.76. The Bertz CT molecular complexity index is 156. The van der Waals surface area contributed by atoms with Gasteiger partial charge in [0.05, 0.1) is 0 Å². The molecular weight excluding hydrogens is 303 g/mol. The summed E-state index contributed by atoms with van der Waals surface area (Å²) in [5.74, 6) is 0. The molecule has 0 aromatic carbocycles. The standard InChI is InChI=1S/3C4H9.C2H3O.Sn/c3*1-3-4-2;1-2-3-1;/h3*1,3-4H2,2H3;1H,2H2;. The van der Waals surface area contributed by atoms with Gasteiger partial charge in [-0.3, -0.25) is 0 Å². The molecule has 0 aliphatic carbocycles. The SMILES string of the molecule is CCC[CH2][Sn]([CH2]CCC)([CH2]CCC)[CH]1CO1. The molecule has 0 aromatic rings. The molecule has 16 heavy (non-hydrogen) atoms. The zero-order valence-electron chi connectivity index (χ0n) is 11.6. The number of unbranched alkanes of at least 4 members (excludes halogenated alkanes) is 3. The van der Waals surface area contributed by atoms with Gasteiger partial charge in [0.2, 0.25) is 0 Å². The predicted octanol–water partition coefficient (Wildman–Crippen LogP) is 4.77. The van der Waals surface area contributed by atoms with Crippen LogP contribution in [0, 0.1) is 0 Å². The van der Waals surface area contributed by atoms with Crippen LogP contribution in [0.2, 0.25) is 13.3 Å². The fourth-order valence-electron chi connectivity index (χ4n) is 2.85. The Hall–Kier alpha value is 0.759. The van der Waals surface area contributed by atoms with Gasteiger partial charge >= 0.3 is 106 Å². The Morgan fingerprint density at radius 2 is 1.25 bits per heavy atom. The number of ether oxygens (including phenoxy) is 1. The maximum absolute atomic E-state index is 5.76. The van der Waals surface area contributed by atoms with Crippen LogP contribution in [-0.4, -0.2) is 29.1 Å². The van der Waals surface area contributed by atoms with Gasteiger partial charge in [-0.15, -0.1) is 0 Å². The summed E-state index contributed by atoms with van der Waals surface area (Å²) in [5.41, 5.74) is 0. The summed E-state index contributed by atoms with van der Waals surface area (Å²) < 4.78 is 11.4. The minimum absolute atomic E-state index is 0.818. The molecule has 1 rings (SSSR count). The van der Waals surface area contributed by atoms with Crippen LogP contribution in [0.5, 0.6) is 0 Å². The van der Waals surface area contributed by atoms with Gasteiger partial charge < -0.3 is 0 Å². The monoisotopic (exact) mass is 334 g/mol. The average molecular weight is 333 g/mol. The second-order valence-corrected chi connectivity index (χ2v) is 19.4. The summed E-state index contributed by atoms with van der Waals surface area (Å²) in [5, 5.41) is 0. The fraction of sp³-hybridized carbons (Fsp3) is 1.00. The van der Waals surface area contributed by atoms with E-state index in [2.05, 4.69) is 20.8 Å². The molecule has 0 amide bonds. The third kappa shape index (κ3) is 4.56. The molecule has 1 atom stereocenters. The molecule has 1 heterocycles. The van der Waals surface area contributed by atoms with Crippen molar-refractivity contribution in [1.82, 2.24) is 0 Å². The Kier molecular flexibility index (Phi) is 7.38. The molecule has 0 N–H and O–H groups in total. The zero-order valence-corrected chi connectivity index (χ0v) is 14.4. The summed E-state index contributed by atoms with van der Waals surface area (Å²) in [4.78, 5) is 0. The van der Waals surface area contributed by atoms with Crippen molar-refractivity contribution in [3.63, 3.8) is 0 Å². The van der Waals surface area contributed by atoms with E-state index in [0.29, 0.717) is 0 Å². The Morgan fingerprint density at radius 3 is 1.50 bits per heavy atom. The van der Waals surface area contributed by atoms with Crippen molar-refractivity contribution in [2.75, 3.05) is 6.61 Å². The number of hydrogen-bond acceptors (Lipinski definition) is 1. The van der Waals surface area contributed by atoms with Gasteiger partial charge in [0.25, 0.3) is 0 Å². The van der Waals surface area contributed by atoms with Crippen molar-refractivity contribution in [1.29, 1.82) is 0 Å². The van der Waals surface area contributed by atoms with E-state index in [4.69, 9.17) is 4.74 Å². The predicted molar refractivity (Wildman–Crippen MR) is 74.6 cm³/mol. The molecular formula is C14H30OSn. The Labute approximate surface area is 106 Å². The van der Waals surface area contributed by atoms with Crippen molar-refractivity contribution in [2.24, 2.45) is 0 Å². The third-order valence-corrected chi connectivity index (χ3v) is 20.5. The van der Waals surface area contributed by atoms with E-state index >= 15 is 0 Å². The first-order valence-corrected chi connectivity index (χ1v) is 15.1. The van der Waals surface area contributed by atoms with Crippen LogP contribution in [0.1, 0.15) is 59.3 Å². The molecule has 1 saturated heterocycles. The first-order chi connectivity index (χ1) is 7.79. The number of epoxide rings is 1. The molecule has 0 spiro atoms. The fourth-order valence-corrected chi connectivity index (χ4v) is 19.1. The second-order valence-electron chi connectivity index (χ2n) is 5.50. The van der Waals surface area contributed by atoms with Crippen molar-refractivity contribution in [2.45, 2.75) is 76.7 Å². The minimum atomic E-state index is -1.86. The van der Waals surface area contributed by atoms with Crippen LogP contribution in [0.25, 0.3) is 0 Å². The van der Waals surface area contributed by atoms with E-state index in [1.807, 2.05) is 0 Å². The first-order valence-electron chi connectivity index (χ1n) is 7.40. The topological polar surface area (TPSA) is 12.5 Å². The summed E-state index contributed by atoms with van der Waals surface area (Å²) in [6.45, 7) is 8.14. The molecule has 0 saturated carbocycles. The average Bonchev–Trinajstić information content (AvgIpc) is 3.13. The summed E-state index contributed by atoms with van der Waals surface area (Å²) in [7, 11) is 0. The number of hydrogen-bond donors (Lipinski definition) is 0. The van der Waals surface area contributed by atoms with Gasteiger partial charge in [-0.2, -0.15) is 0 Å². The van der Waals surface area contributed by atoms with E-state index in [-0.39, 0.29) is 0 Å².